The van der Waals surface area contributed by atoms with Crippen LogP contribution >= 0.6 is 11.3 Å². The summed E-state index contributed by atoms with van der Waals surface area (Å²) in [5.41, 5.74) is 1.69. The number of hydrogen-bond donors (Lipinski definition) is 1. The molecule has 4 aromatic rings. The standard InChI is InChI=1S/C22H17N3O3S/c1-14-11-12-29-20(14)18(26)13-25-17-10-6-5-9-16(17)19(15-7-3-2-4-8-15)23-21(24-28)22(25)27/h2-12,28H,13H2,1H3/b24-21+. The van der Waals surface area contributed by atoms with Crippen molar-refractivity contribution >= 4 is 28.0 Å². The Hall–Kier alpha value is -3.58. The highest BCUT2D eigenvalue weighted by Crippen LogP contribution is 2.24. The van der Waals surface area contributed by atoms with Gasteiger partial charge in [-0.3, -0.25) is 14.2 Å². The maximum atomic E-state index is 13.1. The number of aromatic nitrogens is 2. The van der Waals surface area contributed by atoms with E-state index in [-0.39, 0.29) is 17.8 Å². The van der Waals surface area contributed by atoms with E-state index in [2.05, 4.69) is 10.1 Å². The van der Waals surface area contributed by atoms with Gasteiger partial charge >= 0.3 is 0 Å². The fourth-order valence-electron chi connectivity index (χ4n) is 3.27. The smallest absolute Gasteiger partial charge is 0.299 e. The topological polar surface area (TPSA) is 84.5 Å². The van der Waals surface area contributed by atoms with E-state index in [1.54, 1.807) is 12.1 Å². The molecule has 1 N–H and O–H groups in total. The molecule has 0 amide bonds. The van der Waals surface area contributed by atoms with Gasteiger partial charge in [-0.25, -0.2) is 4.98 Å². The van der Waals surface area contributed by atoms with Crippen molar-refractivity contribution < 1.29 is 10.0 Å². The molecule has 0 spiro atoms. The Morgan fingerprint density at radius 2 is 1.83 bits per heavy atom. The predicted octanol–water partition coefficient (Wildman–Crippen LogP) is 3.61. The largest absolute Gasteiger partial charge is 0.409 e. The number of thiophene rings is 1. The zero-order chi connectivity index (χ0) is 20.4. The van der Waals surface area contributed by atoms with E-state index in [1.165, 1.54) is 15.9 Å². The molecular formula is C22H17N3O3S. The second-order valence-electron chi connectivity index (χ2n) is 6.51. The van der Waals surface area contributed by atoms with Crippen molar-refractivity contribution in [1.82, 2.24) is 9.55 Å². The third kappa shape index (κ3) is 3.48. The third-order valence-corrected chi connectivity index (χ3v) is 5.72. The SMILES string of the molecule is Cc1ccsc1C(=O)Cn1c(=O)/c(=N\O)nc(-c2ccccc2)c2ccccc21. The molecule has 2 heterocycles. The van der Waals surface area contributed by atoms with Gasteiger partial charge in [-0.15, -0.1) is 11.3 Å². The number of benzene rings is 2. The Labute approximate surface area is 170 Å². The summed E-state index contributed by atoms with van der Waals surface area (Å²) < 4.78 is 1.32. The number of carbonyl (C=O) groups is 1. The van der Waals surface area contributed by atoms with Crippen LogP contribution in [-0.4, -0.2) is 20.5 Å². The van der Waals surface area contributed by atoms with E-state index in [9.17, 15) is 14.8 Å². The van der Waals surface area contributed by atoms with E-state index in [0.717, 1.165) is 11.1 Å². The molecule has 0 saturated heterocycles. The summed E-state index contributed by atoms with van der Waals surface area (Å²) in [6, 6.07) is 18.4. The van der Waals surface area contributed by atoms with Crippen molar-refractivity contribution in [3.63, 3.8) is 0 Å². The predicted molar refractivity (Wildman–Crippen MR) is 112 cm³/mol. The Bertz CT molecular complexity index is 1340. The first-order valence-electron chi connectivity index (χ1n) is 8.95. The average molecular weight is 403 g/mol. The van der Waals surface area contributed by atoms with Gasteiger partial charge in [0, 0.05) is 10.9 Å². The Morgan fingerprint density at radius 3 is 2.52 bits per heavy atom. The molecule has 0 fully saturated rings. The van der Waals surface area contributed by atoms with Crippen molar-refractivity contribution in [2.45, 2.75) is 13.5 Å². The molecule has 0 unspecified atom stereocenters. The van der Waals surface area contributed by atoms with Crippen molar-refractivity contribution in [1.29, 1.82) is 0 Å². The molecule has 29 heavy (non-hydrogen) atoms. The first-order chi connectivity index (χ1) is 14.1. The Morgan fingerprint density at radius 1 is 1.10 bits per heavy atom. The molecule has 6 nitrogen and oxygen atoms in total. The lowest BCUT2D eigenvalue weighted by atomic mass is 10.1. The third-order valence-electron chi connectivity index (χ3n) is 4.66. The fraction of sp³-hybridized carbons (Fsp3) is 0.0909. The zero-order valence-corrected chi connectivity index (χ0v) is 16.4. The first kappa shape index (κ1) is 18.8. The van der Waals surface area contributed by atoms with E-state index < -0.39 is 5.56 Å². The number of carbonyl (C=O) groups excluding carboxylic acids is 1. The van der Waals surface area contributed by atoms with Crippen LogP contribution in [-0.2, 0) is 6.54 Å². The highest BCUT2D eigenvalue weighted by Gasteiger charge is 2.16. The van der Waals surface area contributed by atoms with Crippen LogP contribution in [0.4, 0.5) is 0 Å². The Balaban J connectivity index is 2.04. The summed E-state index contributed by atoms with van der Waals surface area (Å²) >= 11 is 1.34. The minimum atomic E-state index is -0.631. The lowest BCUT2D eigenvalue weighted by Crippen LogP contribution is -2.36. The van der Waals surface area contributed by atoms with Crippen molar-refractivity contribution in [2.24, 2.45) is 5.16 Å². The molecule has 0 bridgehead atoms. The highest BCUT2D eigenvalue weighted by atomic mass is 32.1. The van der Waals surface area contributed by atoms with Gasteiger partial charge in [-0.2, -0.15) is 0 Å². The zero-order valence-electron chi connectivity index (χ0n) is 15.6. The number of aryl methyl sites for hydroxylation is 1. The van der Waals surface area contributed by atoms with Gasteiger partial charge < -0.3 is 5.21 Å². The number of ketones is 1. The number of hydrogen-bond acceptors (Lipinski definition) is 6. The van der Waals surface area contributed by atoms with Gasteiger partial charge in [0.05, 0.1) is 22.6 Å². The summed E-state index contributed by atoms with van der Waals surface area (Å²) in [6.45, 7) is 1.69. The monoisotopic (exact) mass is 403 g/mol. The minimum absolute atomic E-state index is 0.173. The van der Waals surface area contributed by atoms with Crippen LogP contribution in [0.5, 0.6) is 0 Å². The van der Waals surface area contributed by atoms with Crippen LogP contribution in [0.2, 0.25) is 0 Å². The molecular weight excluding hydrogens is 386 g/mol. The maximum Gasteiger partial charge on any atom is 0.299 e. The Kier molecular flexibility index (Phi) is 5.05. The van der Waals surface area contributed by atoms with Crippen LogP contribution in [0, 0.1) is 6.92 Å². The van der Waals surface area contributed by atoms with Gasteiger partial charge in [0.2, 0.25) is 0 Å². The number of rotatable bonds is 4. The fourth-order valence-corrected chi connectivity index (χ4v) is 4.12. The molecule has 0 aliphatic rings. The highest BCUT2D eigenvalue weighted by molar-refractivity contribution is 7.12. The van der Waals surface area contributed by atoms with Crippen LogP contribution < -0.4 is 11.0 Å². The molecule has 2 aromatic heterocycles. The molecule has 0 atom stereocenters. The van der Waals surface area contributed by atoms with E-state index >= 15 is 0 Å². The second-order valence-corrected chi connectivity index (χ2v) is 7.43. The second kappa shape index (κ2) is 7.81. The summed E-state index contributed by atoms with van der Waals surface area (Å²) in [7, 11) is 0. The summed E-state index contributed by atoms with van der Waals surface area (Å²) in [5.74, 6) is -0.180. The van der Waals surface area contributed by atoms with E-state index in [1.807, 2.05) is 60.8 Å². The van der Waals surface area contributed by atoms with Crippen LogP contribution in [0.3, 0.4) is 0 Å². The average Bonchev–Trinajstić information content (AvgIpc) is 3.14. The van der Waals surface area contributed by atoms with Crippen molar-refractivity contribution in [3.8, 4) is 11.3 Å². The number of fused-ring (bicyclic) bond motifs is 1. The van der Waals surface area contributed by atoms with E-state index in [4.69, 9.17) is 0 Å². The molecule has 2 aromatic carbocycles. The van der Waals surface area contributed by atoms with Crippen molar-refractivity contribution in [2.75, 3.05) is 0 Å². The van der Waals surface area contributed by atoms with E-state index in [0.29, 0.717) is 21.5 Å². The van der Waals surface area contributed by atoms with Gasteiger partial charge in [-0.05, 0) is 30.0 Å². The molecule has 7 heteroatoms. The van der Waals surface area contributed by atoms with Crippen LogP contribution in [0.25, 0.3) is 22.2 Å². The van der Waals surface area contributed by atoms with Crippen LogP contribution in [0.15, 0.2) is 76.0 Å². The molecule has 4 rings (SSSR count). The molecule has 0 radical (unpaired) electrons. The van der Waals surface area contributed by atoms with Gasteiger partial charge in [0.15, 0.2) is 5.78 Å². The lowest BCUT2D eigenvalue weighted by molar-refractivity contribution is 0.0975. The lowest BCUT2D eigenvalue weighted by Gasteiger charge is -2.07. The molecule has 144 valence electrons. The number of nitrogens with zero attached hydrogens (tertiary/aromatic N) is 3. The van der Waals surface area contributed by atoms with Gasteiger partial charge in [0.25, 0.3) is 11.0 Å². The summed E-state index contributed by atoms with van der Waals surface area (Å²) in [6.07, 6.45) is 0. The van der Waals surface area contributed by atoms with Gasteiger partial charge in [0.1, 0.15) is 0 Å². The van der Waals surface area contributed by atoms with Crippen LogP contribution in [0.1, 0.15) is 15.2 Å². The summed E-state index contributed by atoms with van der Waals surface area (Å²) in [5, 5.41) is 15.1. The quantitative estimate of drug-likeness (QED) is 0.320. The number of Topliss-reactive ketones (excluding diaryl/α,β-unsaturated/α-hetero) is 1. The maximum absolute atomic E-state index is 13.1. The molecule has 0 saturated carbocycles. The molecule has 0 aliphatic carbocycles. The van der Waals surface area contributed by atoms with Crippen molar-refractivity contribution in [3.05, 3.63) is 92.3 Å². The van der Waals surface area contributed by atoms with Gasteiger partial charge in [-0.1, -0.05) is 53.7 Å². The normalized spacial score (nSPS) is 11.7. The first-order valence-corrected chi connectivity index (χ1v) is 9.83. The molecule has 0 aliphatic heterocycles. The summed E-state index contributed by atoms with van der Waals surface area (Å²) in [4.78, 5) is 30.9. The minimum Gasteiger partial charge on any atom is -0.409 e. The number of para-hydroxylation sites is 1.